The summed E-state index contributed by atoms with van der Waals surface area (Å²) in [6.07, 6.45) is 89.2. The topological polar surface area (TPSA) is 78.9 Å². The molecule has 464 valence electrons. The molecule has 0 saturated heterocycles. The van der Waals surface area contributed by atoms with Crippen molar-refractivity contribution in [2.75, 3.05) is 13.2 Å². The van der Waals surface area contributed by atoms with Gasteiger partial charge in [0.1, 0.15) is 13.2 Å². The second-order valence-corrected chi connectivity index (χ2v) is 23.4. The Morgan fingerprint density at radius 2 is 0.487 bits per heavy atom. The lowest BCUT2D eigenvalue weighted by molar-refractivity contribution is -0.167. The fourth-order valence-electron chi connectivity index (χ4n) is 10.3. The van der Waals surface area contributed by atoms with Gasteiger partial charge in [-0.25, -0.2) is 0 Å². The third-order valence-corrected chi connectivity index (χ3v) is 15.5. The highest BCUT2D eigenvalue weighted by atomic mass is 16.6. The van der Waals surface area contributed by atoms with Crippen LogP contribution in [0, 0.1) is 0 Å². The van der Waals surface area contributed by atoms with Crippen molar-refractivity contribution in [3.63, 3.8) is 0 Å². The predicted molar refractivity (Wildman–Crippen MR) is 348 cm³/mol. The first-order valence-corrected chi connectivity index (χ1v) is 34.9. The molecular formula is C74H132O6. The van der Waals surface area contributed by atoms with Crippen LogP contribution in [-0.2, 0) is 28.6 Å². The van der Waals surface area contributed by atoms with Gasteiger partial charge in [-0.3, -0.25) is 14.4 Å². The van der Waals surface area contributed by atoms with E-state index in [4.69, 9.17) is 14.2 Å². The molecule has 0 aliphatic heterocycles. The predicted octanol–water partition coefficient (Wildman–Crippen LogP) is 24.1. The number of allylic oxidation sites excluding steroid dienone is 12. The minimum atomic E-state index is -0.774. The Kier molecular flexibility index (Phi) is 65.7. The van der Waals surface area contributed by atoms with Gasteiger partial charge in [0.2, 0.25) is 0 Å². The van der Waals surface area contributed by atoms with Crippen molar-refractivity contribution in [1.82, 2.24) is 0 Å². The van der Waals surface area contributed by atoms with E-state index in [1.165, 1.54) is 225 Å². The largest absolute Gasteiger partial charge is 0.462 e. The van der Waals surface area contributed by atoms with E-state index in [1.807, 2.05) is 0 Å². The normalized spacial score (nSPS) is 12.5. The van der Waals surface area contributed by atoms with Gasteiger partial charge in [0.15, 0.2) is 6.10 Å². The molecule has 1 atom stereocenters. The highest BCUT2D eigenvalue weighted by Gasteiger charge is 2.19. The van der Waals surface area contributed by atoms with Gasteiger partial charge in [-0.1, -0.05) is 344 Å². The number of hydrogen-bond donors (Lipinski definition) is 0. The van der Waals surface area contributed by atoms with E-state index in [0.29, 0.717) is 19.3 Å². The zero-order chi connectivity index (χ0) is 57.8. The van der Waals surface area contributed by atoms with Crippen LogP contribution in [0.15, 0.2) is 72.9 Å². The summed E-state index contributed by atoms with van der Waals surface area (Å²) in [7, 11) is 0. The van der Waals surface area contributed by atoms with Crippen molar-refractivity contribution in [2.24, 2.45) is 0 Å². The van der Waals surface area contributed by atoms with E-state index >= 15 is 0 Å². The standard InChI is InChI=1S/C74H132O6/c1-4-7-10-13-16-19-22-25-27-29-31-33-34-35-36-37-38-39-40-42-43-45-47-49-52-55-58-61-64-67-73(76)79-70-71(69-78-72(75)66-63-60-57-54-51-24-21-18-15-12-9-6-3)80-74(77)68-65-62-59-56-53-50-48-46-44-41-32-30-28-26-23-20-17-14-11-8-5-2/h7,10,16,19,25,27,31,33,35-36,38-39,71H,4-6,8-9,11-15,17-18,20-24,26,28-30,32,34,37,40-70H2,1-3H3/b10-7-,19-16-,27-25-,33-31-,36-35-,39-38-. The lowest BCUT2D eigenvalue weighted by atomic mass is 10.0. The molecule has 0 fully saturated rings. The van der Waals surface area contributed by atoms with Crippen LogP contribution in [0.3, 0.4) is 0 Å². The summed E-state index contributed by atoms with van der Waals surface area (Å²) in [5.41, 5.74) is 0. The monoisotopic (exact) mass is 1120 g/mol. The van der Waals surface area contributed by atoms with Gasteiger partial charge >= 0.3 is 17.9 Å². The van der Waals surface area contributed by atoms with Crippen LogP contribution in [0.25, 0.3) is 0 Å². The van der Waals surface area contributed by atoms with Crippen LogP contribution in [0.5, 0.6) is 0 Å². The van der Waals surface area contributed by atoms with Gasteiger partial charge in [-0.2, -0.15) is 0 Å². The van der Waals surface area contributed by atoms with Crippen molar-refractivity contribution < 1.29 is 28.6 Å². The van der Waals surface area contributed by atoms with E-state index in [2.05, 4.69) is 93.7 Å². The second kappa shape index (κ2) is 68.3. The van der Waals surface area contributed by atoms with Gasteiger partial charge < -0.3 is 14.2 Å². The van der Waals surface area contributed by atoms with Gasteiger partial charge in [-0.15, -0.1) is 0 Å². The van der Waals surface area contributed by atoms with Crippen LogP contribution in [0.4, 0.5) is 0 Å². The molecule has 0 aromatic carbocycles. The van der Waals surface area contributed by atoms with Crippen LogP contribution in [0.1, 0.15) is 361 Å². The van der Waals surface area contributed by atoms with E-state index in [1.54, 1.807) is 0 Å². The average Bonchev–Trinajstić information content (AvgIpc) is 3.46. The van der Waals surface area contributed by atoms with Gasteiger partial charge in [0, 0.05) is 19.3 Å². The number of unbranched alkanes of at least 4 members (excludes halogenated alkanes) is 41. The summed E-state index contributed by atoms with van der Waals surface area (Å²) in [4.78, 5) is 38.4. The van der Waals surface area contributed by atoms with E-state index in [9.17, 15) is 14.4 Å². The Balaban J connectivity index is 4.24. The number of hydrogen-bond acceptors (Lipinski definition) is 6. The van der Waals surface area contributed by atoms with Crippen LogP contribution in [-0.4, -0.2) is 37.2 Å². The van der Waals surface area contributed by atoms with Crippen LogP contribution in [0.2, 0.25) is 0 Å². The molecule has 0 aromatic heterocycles. The first kappa shape index (κ1) is 76.9. The number of carbonyl (C=O) groups excluding carboxylic acids is 3. The SMILES string of the molecule is CC/C=C\C/C=C\C/C=C\C/C=C\C/C=C\C/C=C\CCCCCCCCCCCCC(=O)OCC(COC(=O)CCCCCCCCCCCCCC)OC(=O)CCCCCCCCCCCCCCCCCCCCCCC. The molecule has 0 spiro atoms. The molecule has 0 radical (unpaired) electrons. The Morgan fingerprint density at radius 1 is 0.263 bits per heavy atom. The van der Waals surface area contributed by atoms with E-state index in [0.717, 1.165) is 96.3 Å². The van der Waals surface area contributed by atoms with Crippen molar-refractivity contribution in [3.05, 3.63) is 72.9 Å². The first-order chi connectivity index (χ1) is 39.5. The third-order valence-electron chi connectivity index (χ3n) is 15.5. The molecule has 6 nitrogen and oxygen atoms in total. The minimum absolute atomic E-state index is 0.0705. The molecule has 0 amide bonds. The summed E-state index contributed by atoms with van der Waals surface area (Å²) >= 11 is 0. The van der Waals surface area contributed by atoms with Crippen molar-refractivity contribution in [1.29, 1.82) is 0 Å². The van der Waals surface area contributed by atoms with Crippen molar-refractivity contribution in [3.8, 4) is 0 Å². The summed E-state index contributed by atoms with van der Waals surface area (Å²) in [5, 5.41) is 0. The zero-order valence-corrected chi connectivity index (χ0v) is 53.3. The average molecular weight is 1120 g/mol. The Hall–Kier alpha value is -3.15. The van der Waals surface area contributed by atoms with Crippen molar-refractivity contribution >= 4 is 17.9 Å². The lowest BCUT2D eigenvalue weighted by Crippen LogP contribution is -2.30. The number of rotatable bonds is 64. The molecule has 0 N–H and O–H groups in total. The highest BCUT2D eigenvalue weighted by Crippen LogP contribution is 2.18. The van der Waals surface area contributed by atoms with Gasteiger partial charge in [-0.05, 0) is 70.6 Å². The minimum Gasteiger partial charge on any atom is -0.462 e. The smallest absolute Gasteiger partial charge is 0.306 e. The van der Waals surface area contributed by atoms with Gasteiger partial charge in [0.05, 0.1) is 0 Å². The first-order valence-electron chi connectivity index (χ1n) is 34.9. The third kappa shape index (κ3) is 65.7. The Labute approximate surface area is 497 Å². The molecular weight excluding hydrogens is 985 g/mol. The zero-order valence-electron chi connectivity index (χ0n) is 53.3. The van der Waals surface area contributed by atoms with Crippen molar-refractivity contribution in [2.45, 2.75) is 367 Å². The summed E-state index contributed by atoms with van der Waals surface area (Å²) < 4.78 is 17.0. The van der Waals surface area contributed by atoms with E-state index < -0.39 is 6.10 Å². The number of ether oxygens (including phenoxy) is 3. The number of carbonyl (C=O) groups is 3. The quantitative estimate of drug-likeness (QED) is 0.0261. The molecule has 6 heteroatoms. The maximum absolute atomic E-state index is 12.9. The van der Waals surface area contributed by atoms with Gasteiger partial charge in [0.25, 0.3) is 0 Å². The Morgan fingerprint density at radius 3 is 0.762 bits per heavy atom. The number of esters is 3. The molecule has 0 heterocycles. The molecule has 80 heavy (non-hydrogen) atoms. The fourth-order valence-corrected chi connectivity index (χ4v) is 10.3. The van der Waals surface area contributed by atoms with E-state index in [-0.39, 0.29) is 31.1 Å². The molecule has 0 bridgehead atoms. The molecule has 0 saturated carbocycles. The molecule has 0 aliphatic rings. The molecule has 0 rings (SSSR count). The molecule has 0 aromatic rings. The van der Waals surface area contributed by atoms with Crippen LogP contribution < -0.4 is 0 Å². The maximum atomic E-state index is 12.9. The maximum Gasteiger partial charge on any atom is 0.306 e. The molecule has 1 unspecified atom stereocenters. The second-order valence-electron chi connectivity index (χ2n) is 23.4. The Bertz CT molecular complexity index is 1470. The summed E-state index contributed by atoms with van der Waals surface area (Å²) in [6, 6.07) is 0. The summed E-state index contributed by atoms with van der Waals surface area (Å²) in [6.45, 7) is 6.58. The molecule has 0 aliphatic carbocycles. The highest BCUT2D eigenvalue weighted by molar-refractivity contribution is 5.71. The summed E-state index contributed by atoms with van der Waals surface area (Å²) in [5.74, 6) is -0.852. The van der Waals surface area contributed by atoms with Crippen LogP contribution >= 0.6 is 0 Å². The lowest BCUT2D eigenvalue weighted by Gasteiger charge is -2.18. The fraction of sp³-hybridized carbons (Fsp3) is 0.797.